The maximum atomic E-state index is 11.9. The number of quaternary nitrogens is 1. The average molecular weight is 706 g/mol. The van der Waals surface area contributed by atoms with Gasteiger partial charge in [0.1, 0.15) is 25.9 Å². The van der Waals surface area contributed by atoms with Crippen LogP contribution in [-0.2, 0) is 23.1 Å². The summed E-state index contributed by atoms with van der Waals surface area (Å²) in [6, 6.07) is 0. The van der Waals surface area contributed by atoms with Crippen molar-refractivity contribution < 1.29 is 37.6 Å². The molecule has 0 saturated heterocycles. The number of hydrogen-bond donors (Lipinski definition) is 1. The molecule has 0 saturated carbocycles. The number of unbranched alkanes of at least 4 members (excludes halogenated alkanes) is 27. The Morgan fingerprint density at radius 2 is 0.917 bits per heavy atom. The molecule has 0 heterocycles. The van der Waals surface area contributed by atoms with Gasteiger partial charge in [-0.1, -0.05) is 180 Å². The van der Waals surface area contributed by atoms with Crippen LogP contribution in [0, 0.1) is 0 Å². The second kappa shape index (κ2) is 33.6. The quantitative estimate of drug-likeness (QED) is 0.0295. The van der Waals surface area contributed by atoms with Crippen LogP contribution in [0.5, 0.6) is 0 Å². The van der Waals surface area contributed by atoms with Crippen molar-refractivity contribution in [2.75, 3.05) is 47.5 Å². The lowest BCUT2D eigenvalue weighted by molar-refractivity contribution is -0.870. The molecule has 48 heavy (non-hydrogen) atoms. The number of aliphatic hydroxyl groups is 1. The molecule has 2 atom stereocenters. The van der Waals surface area contributed by atoms with Crippen molar-refractivity contribution in [1.29, 1.82) is 0 Å². The summed E-state index contributed by atoms with van der Waals surface area (Å²) >= 11 is 0. The Morgan fingerprint density at radius 3 is 1.25 bits per heavy atom. The van der Waals surface area contributed by atoms with Crippen molar-refractivity contribution in [3.63, 3.8) is 0 Å². The Balaban J connectivity index is 3.33. The highest BCUT2D eigenvalue weighted by Gasteiger charge is 2.16. The zero-order valence-electron chi connectivity index (χ0n) is 32.2. The van der Waals surface area contributed by atoms with Crippen LogP contribution in [0.2, 0.25) is 0 Å². The van der Waals surface area contributed by atoms with Crippen molar-refractivity contribution in [1.82, 2.24) is 0 Å². The Hall–Kier alpha value is -0.500. The first-order chi connectivity index (χ1) is 23.1. The molecule has 8 nitrogen and oxygen atoms in total. The molecular formula is C39H80NO7P. The summed E-state index contributed by atoms with van der Waals surface area (Å²) < 4.78 is 26.8. The largest absolute Gasteiger partial charge is 0.756 e. The van der Waals surface area contributed by atoms with E-state index >= 15 is 0 Å². The van der Waals surface area contributed by atoms with Gasteiger partial charge in [-0.05, 0) is 6.42 Å². The van der Waals surface area contributed by atoms with Gasteiger partial charge in [0.05, 0.1) is 27.7 Å². The van der Waals surface area contributed by atoms with Crippen molar-refractivity contribution >= 4 is 13.8 Å². The van der Waals surface area contributed by atoms with E-state index in [1.807, 2.05) is 21.1 Å². The molecule has 9 heteroatoms. The fourth-order valence-electron chi connectivity index (χ4n) is 5.89. The van der Waals surface area contributed by atoms with Crippen molar-refractivity contribution in [3.05, 3.63) is 0 Å². The molecule has 0 aromatic carbocycles. The van der Waals surface area contributed by atoms with Crippen molar-refractivity contribution in [3.8, 4) is 0 Å². The van der Waals surface area contributed by atoms with E-state index in [9.17, 15) is 19.4 Å². The molecule has 0 spiro atoms. The first kappa shape index (κ1) is 47.5. The Bertz CT molecular complexity index is 746. The number of rotatable bonds is 38. The summed E-state index contributed by atoms with van der Waals surface area (Å²) in [4.78, 5) is 23.7. The third kappa shape index (κ3) is 38.3. The molecule has 0 fully saturated rings. The second-order valence-electron chi connectivity index (χ2n) is 15.2. The number of nitrogens with zero attached hydrogens (tertiary/aromatic N) is 1. The number of phosphoric ester groups is 1. The number of aliphatic hydroxyl groups excluding tert-OH is 1. The first-order valence-electron chi connectivity index (χ1n) is 20.3. The van der Waals surface area contributed by atoms with E-state index < -0.39 is 20.5 Å². The minimum absolute atomic E-state index is 0.00493. The number of esters is 1. The predicted molar refractivity (Wildman–Crippen MR) is 199 cm³/mol. The van der Waals surface area contributed by atoms with Crippen LogP contribution >= 0.6 is 7.82 Å². The summed E-state index contributed by atoms with van der Waals surface area (Å²) in [5.41, 5.74) is 0. The predicted octanol–water partition coefficient (Wildman–Crippen LogP) is 10.4. The molecule has 0 aliphatic heterocycles. The van der Waals surface area contributed by atoms with E-state index in [0.717, 1.165) is 19.3 Å². The van der Waals surface area contributed by atoms with E-state index in [4.69, 9.17) is 9.26 Å². The van der Waals surface area contributed by atoms with Gasteiger partial charge in [-0.3, -0.25) is 9.36 Å². The van der Waals surface area contributed by atoms with Crippen LogP contribution in [0.25, 0.3) is 0 Å². The number of hydrogen-bond acceptors (Lipinski definition) is 7. The molecule has 0 aromatic heterocycles. The van der Waals surface area contributed by atoms with Gasteiger partial charge in [0.2, 0.25) is 0 Å². The highest BCUT2D eigenvalue weighted by Crippen LogP contribution is 2.38. The smallest absolute Gasteiger partial charge is 0.305 e. The van der Waals surface area contributed by atoms with Crippen LogP contribution in [0.3, 0.4) is 0 Å². The van der Waals surface area contributed by atoms with E-state index in [0.29, 0.717) is 17.4 Å². The number of carbonyl (C=O) groups excluding carboxylic acids is 1. The molecule has 1 N–H and O–H groups in total. The third-order valence-electron chi connectivity index (χ3n) is 9.11. The molecule has 0 aromatic rings. The lowest BCUT2D eigenvalue weighted by atomic mass is 10.0. The highest BCUT2D eigenvalue weighted by atomic mass is 31.2. The lowest BCUT2D eigenvalue weighted by Crippen LogP contribution is -2.37. The summed E-state index contributed by atoms with van der Waals surface area (Å²) in [5, 5.41) is 9.87. The van der Waals surface area contributed by atoms with E-state index in [-0.39, 0.29) is 19.2 Å². The van der Waals surface area contributed by atoms with E-state index in [1.54, 1.807) is 0 Å². The highest BCUT2D eigenvalue weighted by molar-refractivity contribution is 7.45. The minimum Gasteiger partial charge on any atom is -0.756 e. The minimum atomic E-state index is -4.50. The number of phosphoric acid groups is 1. The number of ether oxygens (including phenoxy) is 1. The summed E-state index contributed by atoms with van der Waals surface area (Å²) in [6.07, 6.45) is 37.1. The van der Waals surface area contributed by atoms with Crippen LogP contribution < -0.4 is 4.89 Å². The van der Waals surface area contributed by atoms with Gasteiger partial charge in [-0.2, -0.15) is 0 Å². The summed E-state index contributed by atoms with van der Waals surface area (Å²) in [5.74, 6) is -0.381. The van der Waals surface area contributed by atoms with Gasteiger partial charge in [0, 0.05) is 6.42 Å². The zero-order chi connectivity index (χ0) is 35.6. The molecule has 0 rings (SSSR count). The monoisotopic (exact) mass is 706 g/mol. The van der Waals surface area contributed by atoms with Gasteiger partial charge in [0.25, 0.3) is 7.82 Å². The maximum Gasteiger partial charge on any atom is 0.305 e. The molecule has 0 radical (unpaired) electrons. The molecule has 2 unspecified atom stereocenters. The second-order valence-corrected chi connectivity index (χ2v) is 16.6. The summed E-state index contributed by atoms with van der Waals surface area (Å²) in [6.45, 7) is 1.99. The maximum absolute atomic E-state index is 11.9. The SMILES string of the molecule is CCCCCCCCCCCCCCCCCCCCCCCCCCCCCCC(=O)OCC(O)COP(=O)([O-])OCC[N+](C)(C)C. The first-order valence-corrected chi connectivity index (χ1v) is 21.8. The van der Waals surface area contributed by atoms with E-state index in [1.165, 1.54) is 161 Å². The Morgan fingerprint density at radius 1 is 0.583 bits per heavy atom. The third-order valence-corrected chi connectivity index (χ3v) is 10.1. The molecule has 0 aliphatic carbocycles. The lowest BCUT2D eigenvalue weighted by Gasteiger charge is -2.27. The average Bonchev–Trinajstić information content (AvgIpc) is 3.03. The Kier molecular flexibility index (Phi) is 33.3. The van der Waals surface area contributed by atoms with Gasteiger partial charge >= 0.3 is 5.97 Å². The van der Waals surface area contributed by atoms with Crippen LogP contribution in [-0.4, -0.2) is 69.2 Å². The fraction of sp³-hybridized carbons (Fsp3) is 0.974. The molecule has 0 aliphatic rings. The zero-order valence-corrected chi connectivity index (χ0v) is 33.1. The van der Waals surface area contributed by atoms with Crippen LogP contribution in [0.15, 0.2) is 0 Å². The molecule has 0 amide bonds. The summed E-state index contributed by atoms with van der Waals surface area (Å²) in [7, 11) is 1.26. The fourth-order valence-corrected chi connectivity index (χ4v) is 6.62. The van der Waals surface area contributed by atoms with Crippen LogP contribution in [0.1, 0.15) is 193 Å². The molecular weight excluding hydrogens is 625 g/mol. The van der Waals surface area contributed by atoms with Crippen molar-refractivity contribution in [2.24, 2.45) is 0 Å². The Labute approximate surface area is 297 Å². The molecule has 288 valence electrons. The molecule has 0 bridgehead atoms. The van der Waals surface area contributed by atoms with Crippen molar-refractivity contribution in [2.45, 2.75) is 199 Å². The van der Waals surface area contributed by atoms with Crippen LogP contribution in [0.4, 0.5) is 0 Å². The van der Waals surface area contributed by atoms with Gasteiger partial charge in [-0.15, -0.1) is 0 Å². The number of carbonyl (C=O) groups is 1. The number of likely N-dealkylation sites (N-methyl/N-ethyl adjacent to an activating group) is 1. The van der Waals surface area contributed by atoms with Gasteiger partial charge in [-0.25, -0.2) is 0 Å². The van der Waals surface area contributed by atoms with E-state index in [2.05, 4.69) is 11.4 Å². The standard InChI is InChI=1S/C39H80NO7P/c1-5-6-7-8-9-10-11-12-13-14-15-16-17-18-19-20-21-22-23-24-25-26-27-28-29-30-31-32-33-39(42)45-36-38(41)37-47-48(43,44)46-35-34-40(2,3)4/h38,41H,5-37H2,1-4H3. The van der Waals surface area contributed by atoms with Gasteiger partial charge in [0.15, 0.2) is 0 Å². The topological polar surface area (TPSA) is 105 Å². The van der Waals surface area contributed by atoms with Gasteiger partial charge < -0.3 is 28.3 Å². The normalized spacial score (nSPS) is 13.9.